The number of hydrogen-bond donors (Lipinski definition) is 1. The minimum Gasteiger partial charge on any atom is -0.497 e. The summed E-state index contributed by atoms with van der Waals surface area (Å²) in [7, 11) is 1.56. The van der Waals surface area contributed by atoms with Crippen molar-refractivity contribution in [1.82, 2.24) is 4.98 Å². The van der Waals surface area contributed by atoms with Gasteiger partial charge in [-0.05, 0) is 48.0 Å². The number of carbonyl (C=O) groups excluding carboxylic acids is 1. The van der Waals surface area contributed by atoms with Gasteiger partial charge in [0.1, 0.15) is 5.75 Å². The highest BCUT2D eigenvalue weighted by atomic mass is 35.5. The van der Waals surface area contributed by atoms with Crippen molar-refractivity contribution in [2.24, 2.45) is 0 Å². The largest absolute Gasteiger partial charge is 0.497 e. The first-order valence-corrected chi connectivity index (χ1v) is 9.09. The molecule has 0 fully saturated rings. The Morgan fingerprint density at radius 1 is 1.12 bits per heavy atom. The van der Waals surface area contributed by atoms with Crippen LogP contribution in [0.5, 0.6) is 5.75 Å². The number of hydrogen-bond acceptors (Lipinski definition) is 4. The summed E-state index contributed by atoms with van der Waals surface area (Å²) in [4.78, 5) is 27.1. The molecule has 0 spiro atoms. The van der Waals surface area contributed by atoms with Gasteiger partial charge in [0.15, 0.2) is 5.78 Å². The van der Waals surface area contributed by atoms with Crippen LogP contribution in [0, 0.1) is 0 Å². The Morgan fingerprint density at radius 2 is 1.85 bits per heavy atom. The van der Waals surface area contributed by atoms with Crippen LogP contribution in [0.15, 0.2) is 47.3 Å². The van der Waals surface area contributed by atoms with Gasteiger partial charge in [-0.25, -0.2) is 0 Å². The van der Waals surface area contributed by atoms with Crippen molar-refractivity contribution >= 4 is 52.5 Å². The zero-order valence-electron chi connectivity index (χ0n) is 13.6. The van der Waals surface area contributed by atoms with E-state index in [0.717, 1.165) is 5.56 Å². The second kappa shape index (κ2) is 7.91. The van der Waals surface area contributed by atoms with E-state index in [-0.39, 0.29) is 11.3 Å². The smallest absolute Gasteiger partial charge is 0.266 e. The van der Waals surface area contributed by atoms with Crippen molar-refractivity contribution in [3.63, 3.8) is 0 Å². The molecule has 0 saturated carbocycles. The van der Waals surface area contributed by atoms with E-state index >= 15 is 0 Å². The van der Waals surface area contributed by atoms with Crippen molar-refractivity contribution in [2.45, 2.75) is 0 Å². The maximum atomic E-state index is 12.3. The molecule has 1 aromatic heterocycles. The summed E-state index contributed by atoms with van der Waals surface area (Å²) >= 11 is 13.1. The molecular formula is C19H13Cl2NO3S. The van der Waals surface area contributed by atoms with Crippen LogP contribution in [0.1, 0.15) is 15.9 Å². The lowest BCUT2D eigenvalue weighted by Crippen LogP contribution is -2.20. The summed E-state index contributed by atoms with van der Waals surface area (Å²) in [6.07, 6.45) is 3.10. The van der Waals surface area contributed by atoms with Crippen molar-refractivity contribution in [3.05, 3.63) is 83.2 Å². The number of thiazole rings is 1. The van der Waals surface area contributed by atoms with Crippen LogP contribution in [0.25, 0.3) is 12.2 Å². The zero-order valence-corrected chi connectivity index (χ0v) is 15.9. The van der Waals surface area contributed by atoms with Gasteiger partial charge in [-0.1, -0.05) is 29.3 Å². The van der Waals surface area contributed by atoms with Crippen LogP contribution in [0.2, 0.25) is 10.0 Å². The molecule has 0 aliphatic heterocycles. The molecule has 0 unspecified atom stereocenters. The highest BCUT2D eigenvalue weighted by Crippen LogP contribution is 2.22. The summed E-state index contributed by atoms with van der Waals surface area (Å²) in [5.41, 5.74) is 0.990. The molecule has 4 nitrogen and oxygen atoms in total. The number of Topliss-reactive ketones (excluding diaryl/α,β-unsaturated/α-hetero) is 1. The average Bonchev–Trinajstić information content (AvgIpc) is 2.97. The molecule has 0 radical (unpaired) electrons. The number of ether oxygens (including phenoxy) is 1. The number of methoxy groups -OCH3 is 1. The summed E-state index contributed by atoms with van der Waals surface area (Å²) < 4.78 is 6.01. The number of aromatic amines is 1. The molecular weight excluding hydrogens is 393 g/mol. The third-order valence-electron chi connectivity index (χ3n) is 3.56. The monoisotopic (exact) mass is 405 g/mol. The number of rotatable bonds is 4. The van der Waals surface area contributed by atoms with Crippen molar-refractivity contribution < 1.29 is 9.53 Å². The van der Waals surface area contributed by atoms with E-state index in [9.17, 15) is 9.59 Å². The number of aromatic nitrogens is 1. The molecule has 0 atom stereocenters. The van der Waals surface area contributed by atoms with Crippen molar-refractivity contribution in [2.75, 3.05) is 7.11 Å². The Balaban J connectivity index is 1.94. The van der Waals surface area contributed by atoms with Crippen molar-refractivity contribution in [3.8, 4) is 5.75 Å². The van der Waals surface area contributed by atoms with Gasteiger partial charge in [-0.2, -0.15) is 0 Å². The van der Waals surface area contributed by atoms with Gasteiger partial charge in [0, 0.05) is 11.6 Å². The molecule has 2 aromatic carbocycles. The first-order chi connectivity index (χ1) is 12.5. The molecule has 0 amide bonds. The molecule has 132 valence electrons. The van der Waals surface area contributed by atoms with Gasteiger partial charge in [0.25, 0.3) is 5.56 Å². The summed E-state index contributed by atoms with van der Waals surface area (Å²) in [6, 6.07) is 11.9. The normalized spacial score (nSPS) is 12.4. The Morgan fingerprint density at radius 3 is 2.50 bits per heavy atom. The molecule has 3 rings (SSSR count). The fourth-order valence-electron chi connectivity index (χ4n) is 2.24. The van der Waals surface area contributed by atoms with E-state index in [2.05, 4.69) is 4.98 Å². The van der Waals surface area contributed by atoms with Crippen molar-refractivity contribution in [1.29, 1.82) is 0 Å². The van der Waals surface area contributed by atoms with Gasteiger partial charge >= 0.3 is 0 Å². The van der Waals surface area contributed by atoms with Gasteiger partial charge in [0.2, 0.25) is 0 Å². The van der Waals surface area contributed by atoms with Crippen LogP contribution in [-0.4, -0.2) is 17.9 Å². The number of carbonyl (C=O) groups is 1. The SMILES string of the molecule is COc1ccc(C(=O)C=c2[nH]c(=O)c(=Cc3ccc(Cl)c(Cl)c3)s2)cc1. The minimum atomic E-state index is -0.269. The molecule has 3 aromatic rings. The van der Waals surface area contributed by atoms with Crippen LogP contribution in [0.3, 0.4) is 0 Å². The second-order valence-electron chi connectivity index (χ2n) is 5.34. The lowest BCUT2D eigenvalue weighted by molar-refractivity contribution is 0.106. The lowest BCUT2D eigenvalue weighted by Gasteiger charge is -1.99. The van der Waals surface area contributed by atoms with Gasteiger partial charge in [-0.3, -0.25) is 9.59 Å². The fraction of sp³-hybridized carbons (Fsp3) is 0.0526. The zero-order chi connectivity index (χ0) is 18.7. The Bertz CT molecular complexity index is 1130. The first-order valence-electron chi connectivity index (χ1n) is 7.52. The standard InChI is InChI=1S/C19H13Cl2NO3S/c1-25-13-5-3-12(4-6-13)16(23)10-18-22-19(24)17(26-18)9-11-2-7-14(20)15(21)8-11/h2-10H,1H3,(H,22,24). The highest BCUT2D eigenvalue weighted by Gasteiger charge is 2.04. The van der Waals surface area contributed by atoms with E-state index in [1.165, 1.54) is 17.4 Å². The van der Waals surface area contributed by atoms with E-state index in [4.69, 9.17) is 27.9 Å². The third-order valence-corrected chi connectivity index (χ3v) is 5.26. The third kappa shape index (κ3) is 4.25. The summed E-state index contributed by atoms with van der Waals surface area (Å²) in [5, 5.41) is 0.859. The molecule has 26 heavy (non-hydrogen) atoms. The topological polar surface area (TPSA) is 59.2 Å². The average molecular weight is 406 g/mol. The molecule has 1 heterocycles. The van der Waals surface area contributed by atoms with Crippen LogP contribution >= 0.6 is 34.5 Å². The minimum absolute atomic E-state index is 0.203. The van der Waals surface area contributed by atoms with Crippen LogP contribution in [-0.2, 0) is 0 Å². The lowest BCUT2D eigenvalue weighted by atomic mass is 10.1. The predicted molar refractivity (Wildman–Crippen MR) is 106 cm³/mol. The second-order valence-corrected chi connectivity index (χ2v) is 7.24. The number of H-pyrrole nitrogens is 1. The quantitative estimate of drug-likeness (QED) is 0.677. The Hall–Kier alpha value is -2.34. The van der Waals surface area contributed by atoms with E-state index in [1.54, 1.807) is 55.7 Å². The number of nitrogens with one attached hydrogen (secondary N) is 1. The maximum absolute atomic E-state index is 12.3. The van der Waals surface area contributed by atoms with Crippen LogP contribution in [0.4, 0.5) is 0 Å². The number of ketones is 1. The molecule has 0 aliphatic carbocycles. The van der Waals surface area contributed by atoms with Gasteiger partial charge in [0.05, 0.1) is 26.4 Å². The molecule has 0 aliphatic rings. The van der Waals surface area contributed by atoms with Crippen LogP contribution < -0.4 is 19.5 Å². The van der Waals surface area contributed by atoms with E-state index < -0.39 is 0 Å². The van der Waals surface area contributed by atoms with Gasteiger partial charge < -0.3 is 9.72 Å². The molecule has 0 bridgehead atoms. The summed E-state index contributed by atoms with van der Waals surface area (Å²) in [6.45, 7) is 0. The molecule has 1 N–H and O–H groups in total. The number of benzene rings is 2. The fourth-order valence-corrected chi connectivity index (χ4v) is 3.43. The van der Waals surface area contributed by atoms with E-state index in [1.807, 2.05) is 0 Å². The molecule has 7 heteroatoms. The first kappa shape index (κ1) is 18.5. The Kier molecular flexibility index (Phi) is 5.61. The van der Waals surface area contributed by atoms with E-state index in [0.29, 0.717) is 30.6 Å². The predicted octanol–water partition coefficient (Wildman–Crippen LogP) is 3.24. The Labute approximate surface area is 163 Å². The molecule has 0 saturated heterocycles. The number of halogens is 2. The van der Waals surface area contributed by atoms with Gasteiger partial charge in [-0.15, -0.1) is 11.3 Å². The maximum Gasteiger partial charge on any atom is 0.266 e. The summed E-state index contributed by atoms with van der Waals surface area (Å²) in [5.74, 6) is 0.468. The highest BCUT2D eigenvalue weighted by molar-refractivity contribution is 7.07.